The maximum absolute atomic E-state index is 13.4. The molecule has 1 aromatic rings. The van der Waals surface area contributed by atoms with Gasteiger partial charge < -0.3 is 4.90 Å². The zero-order valence-electron chi connectivity index (χ0n) is 17.1. The molecule has 166 valence electrons. The predicted octanol–water partition coefficient (Wildman–Crippen LogP) is 4.13. The van der Waals surface area contributed by atoms with Gasteiger partial charge in [-0.15, -0.1) is 0 Å². The Morgan fingerprint density at radius 2 is 1.97 bits per heavy atom. The van der Waals surface area contributed by atoms with Crippen LogP contribution in [0.5, 0.6) is 0 Å². The Bertz CT molecular complexity index is 1100. The number of nitrogens with zero attached hydrogens (tertiary/aromatic N) is 2. The third kappa shape index (κ3) is 4.36. The smallest absolute Gasteiger partial charge is 0.267 e. The first-order chi connectivity index (χ1) is 14.7. The molecule has 0 radical (unpaired) electrons. The normalized spacial score (nSPS) is 25.1. The first-order valence-corrected chi connectivity index (χ1v) is 14.2. The van der Waals surface area contributed by atoms with Crippen molar-refractivity contribution in [1.29, 1.82) is 0 Å². The summed E-state index contributed by atoms with van der Waals surface area (Å²) >= 11 is 10.0. The van der Waals surface area contributed by atoms with Gasteiger partial charge >= 0.3 is 0 Å². The maximum Gasteiger partial charge on any atom is 0.267 e. The highest BCUT2D eigenvalue weighted by molar-refractivity contribution is 9.10. The predicted molar refractivity (Wildman–Crippen MR) is 132 cm³/mol. The molecule has 3 heterocycles. The number of hydrogen-bond acceptors (Lipinski definition) is 6. The zero-order chi connectivity index (χ0) is 22.3. The second-order valence-electron chi connectivity index (χ2n) is 7.98. The molecule has 0 spiro atoms. The summed E-state index contributed by atoms with van der Waals surface area (Å²) in [6.45, 7) is 2.74. The molecule has 1 aromatic carbocycles. The highest BCUT2D eigenvalue weighted by Gasteiger charge is 2.46. The number of benzene rings is 1. The van der Waals surface area contributed by atoms with Crippen molar-refractivity contribution in [1.82, 2.24) is 4.90 Å². The molecule has 10 heteroatoms. The van der Waals surface area contributed by atoms with E-state index in [4.69, 9.17) is 12.2 Å². The first kappa shape index (κ1) is 22.9. The van der Waals surface area contributed by atoms with E-state index in [1.807, 2.05) is 18.2 Å². The highest BCUT2D eigenvalue weighted by Crippen LogP contribution is 2.46. The fourth-order valence-electron chi connectivity index (χ4n) is 4.27. The third-order valence-corrected chi connectivity index (χ3v) is 9.46. The number of amides is 2. The van der Waals surface area contributed by atoms with Crippen molar-refractivity contribution in [2.75, 3.05) is 23.0 Å². The van der Waals surface area contributed by atoms with Gasteiger partial charge in [-0.2, -0.15) is 0 Å². The molecular formula is C21H23BrN2O4S3. The summed E-state index contributed by atoms with van der Waals surface area (Å²) in [5, 5.41) is 0. The van der Waals surface area contributed by atoms with E-state index in [0.29, 0.717) is 27.8 Å². The summed E-state index contributed by atoms with van der Waals surface area (Å²) < 4.78 is 25.0. The van der Waals surface area contributed by atoms with Crippen LogP contribution in [0.2, 0.25) is 0 Å². The molecule has 0 aromatic heterocycles. The van der Waals surface area contributed by atoms with Crippen LogP contribution in [0.25, 0.3) is 5.57 Å². The van der Waals surface area contributed by atoms with Crippen molar-refractivity contribution in [3.63, 3.8) is 0 Å². The van der Waals surface area contributed by atoms with Crippen molar-refractivity contribution >= 4 is 77.1 Å². The number of hydrogen-bond donors (Lipinski definition) is 0. The van der Waals surface area contributed by atoms with Gasteiger partial charge in [0, 0.05) is 16.6 Å². The van der Waals surface area contributed by atoms with E-state index in [2.05, 4.69) is 22.9 Å². The SMILES string of the molecule is CCCCCCN1C(=O)/C(=C2\SC(=S)N(C3CCS(=O)(=O)C3)C2=O)c2cc(Br)ccc21. The Labute approximate surface area is 200 Å². The number of rotatable bonds is 6. The van der Waals surface area contributed by atoms with Crippen molar-refractivity contribution in [2.24, 2.45) is 0 Å². The molecule has 2 fully saturated rings. The molecule has 31 heavy (non-hydrogen) atoms. The lowest BCUT2D eigenvalue weighted by molar-refractivity contribution is -0.123. The van der Waals surface area contributed by atoms with E-state index in [0.717, 1.165) is 53.2 Å². The number of thiocarbonyl (C=S) groups is 1. The van der Waals surface area contributed by atoms with Crippen LogP contribution in [-0.4, -0.2) is 53.5 Å². The van der Waals surface area contributed by atoms with Crippen molar-refractivity contribution < 1.29 is 18.0 Å². The van der Waals surface area contributed by atoms with Gasteiger partial charge in [-0.05, 0) is 31.0 Å². The number of anilines is 1. The Kier molecular flexibility index (Phi) is 6.63. The number of carbonyl (C=O) groups excluding carboxylic acids is 2. The second kappa shape index (κ2) is 8.96. The van der Waals surface area contributed by atoms with E-state index in [9.17, 15) is 18.0 Å². The van der Waals surface area contributed by atoms with Gasteiger partial charge in [-0.25, -0.2) is 8.42 Å². The molecular weight excluding hydrogens is 520 g/mol. The van der Waals surface area contributed by atoms with Gasteiger partial charge in [-0.3, -0.25) is 14.5 Å². The number of thioether (sulfide) groups is 1. The molecule has 4 rings (SSSR count). The fourth-order valence-corrected chi connectivity index (χ4v) is 7.80. The number of carbonyl (C=O) groups is 2. The van der Waals surface area contributed by atoms with Crippen LogP contribution in [0.1, 0.15) is 44.6 Å². The molecule has 0 bridgehead atoms. The average Bonchev–Trinajstić information content (AvgIpc) is 3.29. The van der Waals surface area contributed by atoms with Crippen LogP contribution in [-0.2, 0) is 19.4 Å². The number of halogens is 1. The van der Waals surface area contributed by atoms with Crippen molar-refractivity contribution in [3.05, 3.63) is 33.1 Å². The summed E-state index contributed by atoms with van der Waals surface area (Å²) in [5.74, 6) is -0.578. The Hall–Kier alpha value is -1.23. The molecule has 3 aliphatic rings. The number of fused-ring (bicyclic) bond motifs is 1. The van der Waals surface area contributed by atoms with E-state index >= 15 is 0 Å². The molecule has 3 aliphatic heterocycles. The van der Waals surface area contributed by atoms with Gasteiger partial charge in [0.1, 0.15) is 4.32 Å². The van der Waals surface area contributed by atoms with Crippen LogP contribution in [0.15, 0.2) is 27.6 Å². The number of unbranched alkanes of at least 4 members (excludes halogenated alkanes) is 3. The monoisotopic (exact) mass is 542 g/mol. The minimum absolute atomic E-state index is 0.0564. The molecule has 0 saturated carbocycles. The lowest BCUT2D eigenvalue weighted by Crippen LogP contribution is -2.39. The lowest BCUT2D eigenvalue weighted by Gasteiger charge is -2.21. The van der Waals surface area contributed by atoms with Gasteiger partial charge in [0.05, 0.1) is 33.7 Å². The molecule has 2 saturated heterocycles. The summed E-state index contributed by atoms with van der Waals surface area (Å²) in [7, 11) is -3.17. The summed E-state index contributed by atoms with van der Waals surface area (Å²) in [4.78, 5) is 30.2. The van der Waals surface area contributed by atoms with E-state index < -0.39 is 15.9 Å². The van der Waals surface area contributed by atoms with Crippen LogP contribution in [0, 0.1) is 0 Å². The largest absolute Gasteiger partial charge is 0.308 e. The topological polar surface area (TPSA) is 74.8 Å². The number of sulfone groups is 1. The zero-order valence-corrected chi connectivity index (χ0v) is 21.1. The summed E-state index contributed by atoms with van der Waals surface area (Å²) in [6, 6.07) is 5.19. The third-order valence-electron chi connectivity index (χ3n) is 5.81. The first-order valence-electron chi connectivity index (χ1n) is 10.4. The molecule has 1 unspecified atom stereocenters. The van der Waals surface area contributed by atoms with E-state index in [1.165, 1.54) is 4.90 Å². The maximum atomic E-state index is 13.4. The molecule has 0 N–H and O–H groups in total. The van der Waals surface area contributed by atoms with Crippen LogP contribution < -0.4 is 4.90 Å². The molecule has 6 nitrogen and oxygen atoms in total. The standard InChI is InChI=1S/C21H23BrN2O4S3/c1-2-3-4-5-9-23-16-7-6-13(22)11-15(16)17(19(23)25)18-20(26)24(21(29)30-18)14-8-10-31(27,28)12-14/h6-7,11,14H,2-5,8-10,12H2,1H3/b18-17-. The van der Waals surface area contributed by atoms with Crippen molar-refractivity contribution in [3.8, 4) is 0 Å². The van der Waals surface area contributed by atoms with Gasteiger partial charge in [-0.1, -0.05) is 66.1 Å². The average molecular weight is 544 g/mol. The summed E-state index contributed by atoms with van der Waals surface area (Å²) in [5.41, 5.74) is 1.88. The Morgan fingerprint density at radius 3 is 2.65 bits per heavy atom. The fraction of sp³-hybridized carbons (Fsp3) is 0.476. The lowest BCUT2D eigenvalue weighted by atomic mass is 10.1. The summed E-state index contributed by atoms with van der Waals surface area (Å²) in [6.07, 6.45) is 4.53. The van der Waals surface area contributed by atoms with Crippen LogP contribution in [0.3, 0.4) is 0 Å². The highest BCUT2D eigenvalue weighted by atomic mass is 79.9. The van der Waals surface area contributed by atoms with Crippen LogP contribution in [0.4, 0.5) is 5.69 Å². The van der Waals surface area contributed by atoms with E-state index in [1.54, 1.807) is 4.90 Å². The van der Waals surface area contributed by atoms with Crippen LogP contribution >= 0.6 is 39.9 Å². The second-order valence-corrected chi connectivity index (χ2v) is 12.8. The van der Waals surface area contributed by atoms with Gasteiger partial charge in [0.15, 0.2) is 9.84 Å². The minimum Gasteiger partial charge on any atom is -0.308 e. The van der Waals surface area contributed by atoms with Crippen molar-refractivity contribution in [2.45, 2.75) is 45.1 Å². The molecule has 1 atom stereocenters. The quantitative estimate of drug-likeness (QED) is 0.305. The van der Waals surface area contributed by atoms with Gasteiger partial charge in [0.25, 0.3) is 11.8 Å². The Morgan fingerprint density at radius 1 is 1.19 bits per heavy atom. The Balaban J connectivity index is 1.69. The molecule has 2 amide bonds. The van der Waals surface area contributed by atoms with Gasteiger partial charge in [0.2, 0.25) is 0 Å². The minimum atomic E-state index is -3.17. The van der Waals surface area contributed by atoms with E-state index in [-0.39, 0.29) is 23.3 Å². The molecule has 0 aliphatic carbocycles.